The maximum Gasteiger partial charge on any atom is 0.340 e. The SMILES string of the molecule is CC(C)[C@@H](COC(=O)c1cc2cnc1CCCCCCCCCC2)NC(=O)c1cc2cnc1CCCCCCCCCC2. The topological polar surface area (TPSA) is 81.2 Å². The zero-order valence-corrected chi connectivity index (χ0v) is 26.9. The second-order valence-corrected chi connectivity index (χ2v) is 13.3. The average molecular weight is 590 g/mol. The van der Waals surface area contributed by atoms with Crippen LogP contribution in [-0.4, -0.2) is 34.5 Å². The molecule has 4 heterocycles. The summed E-state index contributed by atoms with van der Waals surface area (Å²) < 4.78 is 5.92. The third-order valence-electron chi connectivity index (χ3n) is 9.29. The Morgan fingerprint density at radius 3 is 1.56 bits per heavy atom. The lowest BCUT2D eigenvalue weighted by Crippen LogP contribution is -2.42. The molecule has 6 heteroatoms. The van der Waals surface area contributed by atoms with E-state index in [9.17, 15) is 9.59 Å². The maximum absolute atomic E-state index is 13.7. The van der Waals surface area contributed by atoms with Crippen LogP contribution in [0, 0.1) is 5.92 Å². The summed E-state index contributed by atoms with van der Waals surface area (Å²) in [6.45, 7) is 4.25. The first-order valence-electron chi connectivity index (χ1n) is 17.4. The number of hydrogen-bond acceptors (Lipinski definition) is 5. The van der Waals surface area contributed by atoms with E-state index in [1.807, 2.05) is 18.5 Å². The summed E-state index contributed by atoms with van der Waals surface area (Å²) in [4.78, 5) is 36.6. The van der Waals surface area contributed by atoms with Crippen molar-refractivity contribution in [3.05, 3.63) is 58.2 Å². The van der Waals surface area contributed by atoms with Crippen LogP contribution in [0.4, 0.5) is 0 Å². The van der Waals surface area contributed by atoms with E-state index in [2.05, 4.69) is 25.2 Å². The van der Waals surface area contributed by atoms with Crippen LogP contribution < -0.4 is 5.32 Å². The molecule has 2 aliphatic heterocycles. The molecule has 0 radical (unpaired) electrons. The molecule has 4 bridgehead atoms. The number of fused-ring (bicyclic) bond motifs is 22. The van der Waals surface area contributed by atoms with Gasteiger partial charge in [0.25, 0.3) is 5.91 Å². The van der Waals surface area contributed by atoms with Gasteiger partial charge >= 0.3 is 5.97 Å². The fraction of sp³-hybridized carbons (Fsp3) is 0.676. The number of aromatic nitrogens is 2. The summed E-state index contributed by atoms with van der Waals surface area (Å²) in [5.74, 6) is -0.345. The van der Waals surface area contributed by atoms with Gasteiger partial charge in [-0.25, -0.2) is 4.79 Å². The van der Waals surface area contributed by atoms with Crippen LogP contribution in [-0.2, 0) is 30.4 Å². The summed E-state index contributed by atoms with van der Waals surface area (Å²) in [5.41, 5.74) is 5.22. The zero-order valence-electron chi connectivity index (χ0n) is 26.9. The van der Waals surface area contributed by atoms with Gasteiger partial charge in [-0.1, -0.05) is 90.9 Å². The van der Waals surface area contributed by atoms with Gasteiger partial charge in [0.2, 0.25) is 0 Å². The average Bonchev–Trinajstić information content (AvgIpc) is 3.01. The molecule has 6 nitrogen and oxygen atoms in total. The van der Waals surface area contributed by atoms with Crippen molar-refractivity contribution in [3.63, 3.8) is 0 Å². The molecule has 6 rings (SSSR count). The highest BCUT2D eigenvalue weighted by molar-refractivity contribution is 5.95. The molecule has 1 N–H and O–H groups in total. The number of carbonyl (C=O) groups is 2. The lowest BCUT2D eigenvalue weighted by atomic mass is 9.98. The molecule has 236 valence electrons. The van der Waals surface area contributed by atoms with Crippen molar-refractivity contribution in [2.45, 2.75) is 148 Å². The van der Waals surface area contributed by atoms with Crippen molar-refractivity contribution in [2.24, 2.45) is 5.92 Å². The molecule has 0 saturated carbocycles. The highest BCUT2D eigenvalue weighted by Gasteiger charge is 2.23. The summed E-state index contributed by atoms with van der Waals surface area (Å²) in [6, 6.07) is 3.76. The molecule has 0 saturated heterocycles. The van der Waals surface area contributed by atoms with Gasteiger partial charge in [0, 0.05) is 12.4 Å². The van der Waals surface area contributed by atoms with Gasteiger partial charge in [-0.3, -0.25) is 14.8 Å². The first-order chi connectivity index (χ1) is 21.0. The van der Waals surface area contributed by atoms with E-state index in [4.69, 9.17) is 14.7 Å². The van der Waals surface area contributed by atoms with E-state index in [0.717, 1.165) is 80.3 Å². The van der Waals surface area contributed by atoms with Gasteiger partial charge in [0.05, 0.1) is 28.6 Å². The molecule has 43 heavy (non-hydrogen) atoms. The van der Waals surface area contributed by atoms with Crippen molar-refractivity contribution in [1.29, 1.82) is 0 Å². The Labute approximate surface area is 260 Å². The largest absolute Gasteiger partial charge is 0.460 e. The summed E-state index contributed by atoms with van der Waals surface area (Å²) >= 11 is 0. The molecule has 0 spiro atoms. The van der Waals surface area contributed by atoms with Crippen molar-refractivity contribution in [1.82, 2.24) is 15.3 Å². The summed E-state index contributed by atoms with van der Waals surface area (Å²) in [6.07, 6.45) is 26.8. The minimum atomic E-state index is -0.331. The third-order valence-corrected chi connectivity index (χ3v) is 9.29. The number of aryl methyl sites for hydroxylation is 4. The second kappa shape index (κ2) is 18.1. The van der Waals surface area contributed by atoms with E-state index < -0.39 is 0 Å². The summed E-state index contributed by atoms with van der Waals surface area (Å²) in [5, 5.41) is 3.21. The van der Waals surface area contributed by atoms with E-state index in [0.29, 0.717) is 11.1 Å². The van der Waals surface area contributed by atoms with Crippen LogP contribution in [0.25, 0.3) is 0 Å². The van der Waals surface area contributed by atoms with Gasteiger partial charge < -0.3 is 10.1 Å². The molecule has 4 aliphatic rings. The van der Waals surface area contributed by atoms with E-state index in [-0.39, 0.29) is 30.4 Å². The number of ether oxygens (including phenoxy) is 1. The molecule has 2 aliphatic carbocycles. The number of esters is 1. The Balaban J connectivity index is 1.44. The van der Waals surface area contributed by atoms with Crippen LogP contribution in [0.5, 0.6) is 0 Å². The molecule has 1 atom stereocenters. The van der Waals surface area contributed by atoms with Crippen LogP contribution in [0.3, 0.4) is 0 Å². The van der Waals surface area contributed by atoms with Gasteiger partial charge in [-0.15, -0.1) is 0 Å². The normalized spacial score (nSPS) is 18.4. The third kappa shape index (κ3) is 11.0. The lowest BCUT2D eigenvalue weighted by Gasteiger charge is -2.23. The molecule has 2 aromatic heterocycles. The molecular weight excluding hydrogens is 534 g/mol. The van der Waals surface area contributed by atoms with Crippen molar-refractivity contribution >= 4 is 11.9 Å². The molecule has 0 unspecified atom stereocenters. The molecule has 0 fully saturated rings. The van der Waals surface area contributed by atoms with Gasteiger partial charge in [-0.05, 0) is 80.5 Å². The number of nitrogens with one attached hydrogen (secondary N) is 1. The van der Waals surface area contributed by atoms with Gasteiger partial charge in [0.1, 0.15) is 6.61 Å². The Kier molecular flexibility index (Phi) is 14.0. The minimum absolute atomic E-state index is 0.101. The van der Waals surface area contributed by atoms with Crippen LogP contribution in [0.1, 0.15) is 160 Å². The van der Waals surface area contributed by atoms with Crippen LogP contribution >= 0.6 is 0 Å². The number of carbonyl (C=O) groups excluding carboxylic acids is 2. The van der Waals surface area contributed by atoms with Crippen LogP contribution in [0.2, 0.25) is 0 Å². The molecular formula is C37H55N3O3. The highest BCUT2D eigenvalue weighted by atomic mass is 16.5. The predicted octanol–water partition coefficient (Wildman–Crippen LogP) is 8.53. The van der Waals surface area contributed by atoms with Crippen LogP contribution in [0.15, 0.2) is 24.5 Å². The van der Waals surface area contributed by atoms with Gasteiger partial charge in [0.15, 0.2) is 0 Å². The van der Waals surface area contributed by atoms with Crippen molar-refractivity contribution in [3.8, 4) is 0 Å². The zero-order chi connectivity index (χ0) is 30.3. The predicted molar refractivity (Wildman–Crippen MR) is 174 cm³/mol. The fourth-order valence-corrected chi connectivity index (χ4v) is 6.37. The molecule has 2 aromatic rings. The first kappa shape index (κ1) is 33.1. The van der Waals surface area contributed by atoms with Crippen molar-refractivity contribution < 1.29 is 14.3 Å². The standard InChI is InChI=1S/C37H55N3O3/c1-28(2)35(40-36(41)31-23-29-19-15-11-7-3-5-9-13-17-21-33(31)38-25-29)27-43-37(42)32-24-30-20-16-12-8-4-6-10-14-18-22-34(32)39-26-30/h23-26,28,35H,3-22,27H2,1-2H3,(H,40,41)/t35-/m1/s1. The smallest absolute Gasteiger partial charge is 0.340 e. The number of pyridine rings is 2. The first-order valence-corrected chi connectivity index (χ1v) is 17.4. The Morgan fingerprint density at radius 1 is 0.651 bits per heavy atom. The number of hydrogen-bond donors (Lipinski definition) is 1. The fourth-order valence-electron chi connectivity index (χ4n) is 6.37. The van der Waals surface area contributed by atoms with Crippen molar-refractivity contribution in [2.75, 3.05) is 6.61 Å². The Hall–Kier alpha value is -2.76. The number of nitrogens with zero attached hydrogens (tertiary/aromatic N) is 2. The van der Waals surface area contributed by atoms with E-state index in [1.54, 1.807) is 0 Å². The highest BCUT2D eigenvalue weighted by Crippen LogP contribution is 2.21. The van der Waals surface area contributed by atoms with E-state index >= 15 is 0 Å². The van der Waals surface area contributed by atoms with E-state index in [1.165, 1.54) is 70.6 Å². The lowest BCUT2D eigenvalue weighted by molar-refractivity contribution is 0.0429. The minimum Gasteiger partial charge on any atom is -0.460 e. The second-order valence-electron chi connectivity index (χ2n) is 13.3. The molecule has 0 aromatic carbocycles. The molecule has 1 amide bonds. The maximum atomic E-state index is 13.7. The Bertz CT molecular complexity index is 1160. The van der Waals surface area contributed by atoms with Gasteiger partial charge in [-0.2, -0.15) is 0 Å². The monoisotopic (exact) mass is 589 g/mol. The Morgan fingerprint density at radius 2 is 1.07 bits per heavy atom. The quantitative estimate of drug-likeness (QED) is 0.342. The summed E-state index contributed by atoms with van der Waals surface area (Å²) in [7, 11) is 0. The number of amides is 1. The number of rotatable bonds is 6.